The van der Waals surface area contributed by atoms with Crippen molar-refractivity contribution in [3.63, 3.8) is 0 Å². The lowest BCUT2D eigenvalue weighted by molar-refractivity contribution is 0.111. The lowest BCUT2D eigenvalue weighted by Crippen LogP contribution is -2.03. The third-order valence-corrected chi connectivity index (χ3v) is 3.11. The van der Waals surface area contributed by atoms with Gasteiger partial charge in [-0.15, -0.1) is 0 Å². The van der Waals surface area contributed by atoms with Gasteiger partial charge >= 0.3 is 0 Å². The van der Waals surface area contributed by atoms with Gasteiger partial charge in [-0.2, -0.15) is 0 Å². The summed E-state index contributed by atoms with van der Waals surface area (Å²) < 4.78 is 7.55. The molecule has 0 bridgehead atoms. The molecule has 1 heterocycles. The Morgan fingerprint density at radius 3 is 2.68 bits per heavy atom. The van der Waals surface area contributed by atoms with Gasteiger partial charge in [0.05, 0.1) is 12.3 Å². The number of aromatic nitrogens is 1. The summed E-state index contributed by atoms with van der Waals surface area (Å²) in [6.07, 6.45) is 4.72. The van der Waals surface area contributed by atoms with Gasteiger partial charge in [-0.1, -0.05) is 11.6 Å². The van der Waals surface area contributed by atoms with Crippen LogP contribution >= 0.6 is 11.6 Å². The molecule has 0 saturated heterocycles. The first-order valence-corrected chi connectivity index (χ1v) is 6.66. The Morgan fingerprint density at radius 2 is 1.95 bits per heavy atom. The molecule has 2 aromatic rings. The number of nitrogens with zero attached hydrogens (tertiary/aromatic N) is 1. The van der Waals surface area contributed by atoms with E-state index in [0.29, 0.717) is 11.6 Å². The van der Waals surface area contributed by atoms with Crippen molar-refractivity contribution in [1.29, 1.82) is 0 Å². The van der Waals surface area contributed by atoms with Crippen LogP contribution in [0.4, 0.5) is 0 Å². The molecule has 0 amide bonds. The van der Waals surface area contributed by atoms with Gasteiger partial charge < -0.3 is 9.30 Å². The average molecular weight is 278 g/mol. The molecule has 0 aliphatic carbocycles. The monoisotopic (exact) mass is 277 g/mol. The Balaban J connectivity index is 1.67. The van der Waals surface area contributed by atoms with E-state index in [4.69, 9.17) is 16.3 Å². The summed E-state index contributed by atoms with van der Waals surface area (Å²) in [4.78, 5) is 10.7. The first-order valence-electron chi connectivity index (χ1n) is 6.28. The van der Waals surface area contributed by atoms with E-state index in [0.717, 1.165) is 37.1 Å². The zero-order valence-corrected chi connectivity index (χ0v) is 11.3. The lowest BCUT2D eigenvalue weighted by Gasteiger charge is -2.07. The molecule has 3 nitrogen and oxygen atoms in total. The first kappa shape index (κ1) is 13.7. The standard InChI is InChI=1S/C15H16ClNO2/c16-13-5-7-15(8-6-13)19-11-2-1-9-17-10-3-4-14(17)12-18/h3-8,10,12H,1-2,9,11H2. The van der Waals surface area contributed by atoms with E-state index in [1.807, 2.05) is 47.2 Å². The van der Waals surface area contributed by atoms with Gasteiger partial charge in [-0.3, -0.25) is 4.79 Å². The van der Waals surface area contributed by atoms with Crippen LogP contribution in [-0.4, -0.2) is 17.5 Å². The Kier molecular flexibility index (Phi) is 5.04. The van der Waals surface area contributed by atoms with Crippen LogP contribution in [0.25, 0.3) is 0 Å². The number of carbonyl (C=O) groups excluding carboxylic acids is 1. The van der Waals surface area contributed by atoms with E-state index in [1.54, 1.807) is 0 Å². The van der Waals surface area contributed by atoms with Crippen molar-refractivity contribution in [3.05, 3.63) is 53.3 Å². The minimum absolute atomic E-state index is 0.666. The highest BCUT2D eigenvalue weighted by atomic mass is 35.5. The Morgan fingerprint density at radius 1 is 1.16 bits per heavy atom. The fourth-order valence-electron chi connectivity index (χ4n) is 1.84. The molecule has 0 aliphatic rings. The quantitative estimate of drug-likeness (QED) is 0.569. The fraction of sp³-hybridized carbons (Fsp3) is 0.267. The van der Waals surface area contributed by atoms with Crippen molar-refractivity contribution in [2.75, 3.05) is 6.61 Å². The molecule has 0 atom stereocenters. The number of aryl methyl sites for hydroxylation is 1. The van der Waals surface area contributed by atoms with E-state index < -0.39 is 0 Å². The molecule has 4 heteroatoms. The van der Waals surface area contributed by atoms with Crippen LogP contribution in [0.5, 0.6) is 5.75 Å². The maximum absolute atomic E-state index is 10.7. The van der Waals surface area contributed by atoms with Gasteiger partial charge in [-0.05, 0) is 49.2 Å². The van der Waals surface area contributed by atoms with Crippen LogP contribution in [0.3, 0.4) is 0 Å². The van der Waals surface area contributed by atoms with E-state index in [2.05, 4.69) is 0 Å². The topological polar surface area (TPSA) is 31.2 Å². The number of halogens is 1. The fourth-order valence-corrected chi connectivity index (χ4v) is 1.97. The van der Waals surface area contributed by atoms with Gasteiger partial charge in [0.25, 0.3) is 0 Å². The number of aldehydes is 1. The van der Waals surface area contributed by atoms with Gasteiger partial charge in [0.15, 0.2) is 6.29 Å². The average Bonchev–Trinajstić information content (AvgIpc) is 2.88. The maximum Gasteiger partial charge on any atom is 0.166 e. The highest BCUT2D eigenvalue weighted by Crippen LogP contribution is 2.15. The van der Waals surface area contributed by atoms with Crippen LogP contribution in [0.2, 0.25) is 5.02 Å². The van der Waals surface area contributed by atoms with E-state index in [9.17, 15) is 4.79 Å². The second kappa shape index (κ2) is 7.00. The third kappa shape index (κ3) is 4.14. The largest absolute Gasteiger partial charge is 0.494 e. The highest BCUT2D eigenvalue weighted by Gasteiger charge is 1.99. The highest BCUT2D eigenvalue weighted by molar-refractivity contribution is 6.30. The minimum atomic E-state index is 0.666. The number of hydrogen-bond donors (Lipinski definition) is 0. The first-order chi connectivity index (χ1) is 9.29. The lowest BCUT2D eigenvalue weighted by atomic mass is 10.3. The molecule has 0 saturated carbocycles. The molecule has 19 heavy (non-hydrogen) atoms. The van der Waals surface area contributed by atoms with Crippen molar-refractivity contribution in [3.8, 4) is 5.75 Å². The number of benzene rings is 1. The van der Waals surface area contributed by atoms with E-state index in [1.165, 1.54) is 0 Å². The van der Waals surface area contributed by atoms with Crippen molar-refractivity contribution < 1.29 is 9.53 Å². The zero-order valence-electron chi connectivity index (χ0n) is 10.6. The van der Waals surface area contributed by atoms with Crippen molar-refractivity contribution in [1.82, 2.24) is 4.57 Å². The van der Waals surface area contributed by atoms with Crippen molar-refractivity contribution in [2.45, 2.75) is 19.4 Å². The Bertz CT molecular complexity index is 519. The summed E-state index contributed by atoms with van der Waals surface area (Å²) in [6, 6.07) is 11.0. The summed E-state index contributed by atoms with van der Waals surface area (Å²) in [5, 5.41) is 0.710. The van der Waals surface area contributed by atoms with Crippen molar-refractivity contribution >= 4 is 17.9 Å². The van der Waals surface area contributed by atoms with Crippen molar-refractivity contribution in [2.24, 2.45) is 0 Å². The summed E-state index contributed by atoms with van der Waals surface area (Å²) >= 11 is 5.79. The predicted octanol–water partition coefficient (Wildman–Crippen LogP) is 3.81. The summed E-state index contributed by atoms with van der Waals surface area (Å²) in [5.74, 6) is 0.832. The molecule has 0 unspecified atom stereocenters. The molecule has 0 radical (unpaired) electrons. The normalized spacial score (nSPS) is 10.4. The van der Waals surface area contributed by atoms with Crippen LogP contribution in [0.15, 0.2) is 42.6 Å². The molecule has 0 N–H and O–H groups in total. The van der Waals surface area contributed by atoms with Gasteiger partial charge in [-0.25, -0.2) is 0 Å². The second-order valence-electron chi connectivity index (χ2n) is 4.25. The van der Waals surface area contributed by atoms with Crippen LogP contribution in [0, 0.1) is 0 Å². The van der Waals surface area contributed by atoms with Gasteiger partial charge in [0.1, 0.15) is 5.75 Å². The van der Waals surface area contributed by atoms with Crippen LogP contribution < -0.4 is 4.74 Å². The number of carbonyl (C=O) groups is 1. The zero-order chi connectivity index (χ0) is 13.5. The second-order valence-corrected chi connectivity index (χ2v) is 4.69. The molecular formula is C15H16ClNO2. The summed E-state index contributed by atoms with van der Waals surface area (Å²) in [5.41, 5.74) is 0.721. The number of hydrogen-bond acceptors (Lipinski definition) is 2. The Labute approximate surface area is 117 Å². The van der Waals surface area contributed by atoms with Gasteiger partial charge in [0.2, 0.25) is 0 Å². The molecule has 1 aromatic heterocycles. The van der Waals surface area contributed by atoms with Crippen LogP contribution in [0.1, 0.15) is 23.3 Å². The number of unbranched alkanes of at least 4 members (excludes halogenated alkanes) is 1. The smallest absolute Gasteiger partial charge is 0.166 e. The molecule has 1 aromatic carbocycles. The Hall–Kier alpha value is -1.74. The molecule has 2 rings (SSSR count). The molecule has 100 valence electrons. The molecule has 0 spiro atoms. The summed E-state index contributed by atoms with van der Waals surface area (Å²) in [7, 11) is 0. The molecule has 0 fully saturated rings. The van der Waals surface area contributed by atoms with Crippen LogP contribution in [-0.2, 0) is 6.54 Å². The predicted molar refractivity (Wildman–Crippen MR) is 76.0 cm³/mol. The molecule has 0 aliphatic heterocycles. The number of ether oxygens (including phenoxy) is 1. The van der Waals surface area contributed by atoms with E-state index in [-0.39, 0.29) is 0 Å². The van der Waals surface area contributed by atoms with E-state index >= 15 is 0 Å². The maximum atomic E-state index is 10.7. The third-order valence-electron chi connectivity index (χ3n) is 2.86. The minimum Gasteiger partial charge on any atom is -0.494 e. The van der Waals surface area contributed by atoms with Gasteiger partial charge in [0, 0.05) is 17.8 Å². The molecular weight excluding hydrogens is 262 g/mol. The SMILES string of the molecule is O=Cc1cccn1CCCCOc1ccc(Cl)cc1. The number of rotatable bonds is 7. The summed E-state index contributed by atoms with van der Waals surface area (Å²) in [6.45, 7) is 1.50.